The zero-order valence-corrected chi connectivity index (χ0v) is 12.1. The van der Waals surface area contributed by atoms with Crippen molar-refractivity contribution in [2.45, 2.75) is 38.5 Å². The predicted molar refractivity (Wildman–Crippen MR) is 74.4 cm³/mol. The van der Waals surface area contributed by atoms with Crippen LogP contribution >= 0.6 is 22.6 Å². The Kier molecular flexibility index (Phi) is 4.55. The van der Waals surface area contributed by atoms with Crippen molar-refractivity contribution in [3.63, 3.8) is 0 Å². The Morgan fingerprint density at radius 3 is 2.82 bits per heavy atom. The molecule has 2 heterocycles. The zero-order valence-electron chi connectivity index (χ0n) is 9.96. The minimum Gasteiger partial charge on any atom is -0.381 e. The summed E-state index contributed by atoms with van der Waals surface area (Å²) in [6.45, 7) is 3.64. The minimum absolute atomic E-state index is 0.00513. The molecule has 94 valence electrons. The van der Waals surface area contributed by atoms with Crippen molar-refractivity contribution in [1.82, 2.24) is 9.97 Å². The molecule has 1 N–H and O–H groups in total. The van der Waals surface area contributed by atoms with Crippen molar-refractivity contribution in [2.24, 2.45) is 0 Å². The average molecular weight is 348 g/mol. The maximum atomic E-state index is 11.8. The number of rotatable bonds is 3. The summed E-state index contributed by atoms with van der Waals surface area (Å²) < 4.78 is 6.07. The van der Waals surface area contributed by atoms with E-state index in [0.717, 1.165) is 54.0 Å². The van der Waals surface area contributed by atoms with Crippen LogP contribution in [0.15, 0.2) is 4.79 Å². The van der Waals surface area contributed by atoms with E-state index in [1.165, 1.54) is 0 Å². The van der Waals surface area contributed by atoms with Crippen LogP contribution in [0.1, 0.15) is 43.6 Å². The van der Waals surface area contributed by atoms with Crippen molar-refractivity contribution in [2.75, 3.05) is 13.2 Å². The topological polar surface area (TPSA) is 55.0 Å². The number of H-pyrrole nitrogens is 1. The SMILES string of the molecule is CCCc1nc(C2CCOCC2)[nH]c(=O)c1I. The number of aromatic amines is 1. The van der Waals surface area contributed by atoms with E-state index in [1.54, 1.807) is 0 Å². The number of hydrogen-bond donors (Lipinski definition) is 1. The first-order valence-electron chi connectivity index (χ1n) is 6.08. The third kappa shape index (κ3) is 3.07. The summed E-state index contributed by atoms with van der Waals surface area (Å²) in [5.74, 6) is 1.20. The molecule has 0 aromatic carbocycles. The van der Waals surface area contributed by atoms with E-state index in [2.05, 4.69) is 39.5 Å². The minimum atomic E-state index is 0.00513. The van der Waals surface area contributed by atoms with Crippen LogP contribution in [0, 0.1) is 3.57 Å². The van der Waals surface area contributed by atoms with Crippen LogP contribution in [0.25, 0.3) is 0 Å². The molecule has 0 bridgehead atoms. The number of ether oxygens (including phenoxy) is 1. The van der Waals surface area contributed by atoms with E-state index >= 15 is 0 Å². The van der Waals surface area contributed by atoms with Crippen molar-refractivity contribution >= 4 is 22.6 Å². The normalized spacial score (nSPS) is 17.3. The Bertz CT molecular complexity index is 439. The van der Waals surface area contributed by atoms with E-state index in [4.69, 9.17) is 4.74 Å². The van der Waals surface area contributed by atoms with Gasteiger partial charge in [0.15, 0.2) is 0 Å². The molecule has 4 nitrogen and oxygen atoms in total. The highest BCUT2D eigenvalue weighted by atomic mass is 127. The van der Waals surface area contributed by atoms with Gasteiger partial charge in [0.05, 0.1) is 9.26 Å². The second-order valence-corrected chi connectivity index (χ2v) is 5.43. The quantitative estimate of drug-likeness (QED) is 0.853. The van der Waals surface area contributed by atoms with E-state index in [9.17, 15) is 4.79 Å². The lowest BCUT2D eigenvalue weighted by molar-refractivity contribution is 0.0834. The highest BCUT2D eigenvalue weighted by molar-refractivity contribution is 14.1. The summed E-state index contributed by atoms with van der Waals surface area (Å²) in [4.78, 5) is 19.4. The Morgan fingerprint density at radius 2 is 2.18 bits per heavy atom. The molecule has 17 heavy (non-hydrogen) atoms. The predicted octanol–water partition coefficient (Wildman–Crippen LogP) is 2.22. The molecular formula is C12H17IN2O2. The zero-order chi connectivity index (χ0) is 12.3. The number of nitrogens with one attached hydrogen (secondary N) is 1. The lowest BCUT2D eigenvalue weighted by atomic mass is 9.99. The molecular weight excluding hydrogens is 331 g/mol. The van der Waals surface area contributed by atoms with Gasteiger partial charge in [0, 0.05) is 19.1 Å². The Labute approximate surface area is 114 Å². The fourth-order valence-electron chi connectivity index (χ4n) is 2.09. The molecule has 1 saturated heterocycles. The average Bonchev–Trinajstić information content (AvgIpc) is 2.36. The molecule has 1 aliphatic rings. The van der Waals surface area contributed by atoms with Crippen molar-refractivity contribution in [1.29, 1.82) is 0 Å². The van der Waals surface area contributed by atoms with Gasteiger partial charge in [-0.15, -0.1) is 0 Å². The molecule has 0 radical (unpaired) electrons. The van der Waals surface area contributed by atoms with Crippen LogP contribution in [-0.4, -0.2) is 23.2 Å². The maximum absolute atomic E-state index is 11.8. The summed E-state index contributed by atoms with van der Waals surface area (Å²) in [5, 5.41) is 0. The van der Waals surface area contributed by atoms with E-state index in [1.807, 2.05) is 0 Å². The largest absolute Gasteiger partial charge is 0.381 e. The van der Waals surface area contributed by atoms with Gasteiger partial charge < -0.3 is 9.72 Å². The van der Waals surface area contributed by atoms with Crippen LogP contribution in [-0.2, 0) is 11.2 Å². The first kappa shape index (κ1) is 13.0. The first-order valence-corrected chi connectivity index (χ1v) is 7.16. The fourth-order valence-corrected chi connectivity index (χ4v) is 2.62. The van der Waals surface area contributed by atoms with Gasteiger partial charge in [-0.25, -0.2) is 4.98 Å². The van der Waals surface area contributed by atoms with Crippen molar-refractivity contribution < 1.29 is 4.74 Å². The van der Waals surface area contributed by atoms with Gasteiger partial charge in [-0.05, 0) is 41.9 Å². The Hall–Kier alpha value is -0.430. The molecule has 0 atom stereocenters. The summed E-state index contributed by atoms with van der Waals surface area (Å²) in [6.07, 6.45) is 3.79. The number of aryl methyl sites for hydroxylation is 1. The van der Waals surface area contributed by atoms with Crippen LogP contribution in [0.3, 0.4) is 0 Å². The third-order valence-electron chi connectivity index (χ3n) is 3.04. The lowest BCUT2D eigenvalue weighted by Crippen LogP contribution is -2.23. The summed E-state index contributed by atoms with van der Waals surface area (Å²) in [7, 11) is 0. The molecule has 1 fully saturated rings. The molecule has 0 amide bonds. The molecule has 2 rings (SSSR count). The summed E-state index contributed by atoms with van der Waals surface area (Å²) in [6, 6.07) is 0. The van der Waals surface area contributed by atoms with Gasteiger partial charge in [-0.1, -0.05) is 13.3 Å². The second-order valence-electron chi connectivity index (χ2n) is 4.35. The van der Waals surface area contributed by atoms with Crippen molar-refractivity contribution in [3.8, 4) is 0 Å². The maximum Gasteiger partial charge on any atom is 0.264 e. The molecule has 0 spiro atoms. The van der Waals surface area contributed by atoms with Gasteiger partial charge in [0.1, 0.15) is 5.82 Å². The van der Waals surface area contributed by atoms with Gasteiger partial charge >= 0.3 is 0 Å². The van der Waals surface area contributed by atoms with Crippen LogP contribution < -0.4 is 5.56 Å². The molecule has 0 aliphatic carbocycles. The van der Waals surface area contributed by atoms with Gasteiger partial charge in [0.25, 0.3) is 5.56 Å². The van der Waals surface area contributed by atoms with Crippen molar-refractivity contribution in [3.05, 3.63) is 25.4 Å². The summed E-state index contributed by atoms with van der Waals surface area (Å²) >= 11 is 2.08. The lowest BCUT2D eigenvalue weighted by Gasteiger charge is -2.21. The Balaban J connectivity index is 2.30. The molecule has 5 heteroatoms. The first-order chi connectivity index (χ1) is 8.22. The van der Waals surface area contributed by atoms with Crippen LogP contribution in [0.2, 0.25) is 0 Å². The smallest absolute Gasteiger partial charge is 0.264 e. The highest BCUT2D eigenvalue weighted by Gasteiger charge is 2.19. The van der Waals surface area contributed by atoms with Crippen LogP contribution in [0.4, 0.5) is 0 Å². The second kappa shape index (κ2) is 5.95. The monoisotopic (exact) mass is 348 g/mol. The molecule has 1 aromatic rings. The fraction of sp³-hybridized carbons (Fsp3) is 0.667. The van der Waals surface area contributed by atoms with E-state index in [0.29, 0.717) is 5.92 Å². The highest BCUT2D eigenvalue weighted by Crippen LogP contribution is 2.24. The van der Waals surface area contributed by atoms with E-state index in [-0.39, 0.29) is 5.56 Å². The molecule has 1 aromatic heterocycles. The molecule has 0 saturated carbocycles. The van der Waals surface area contributed by atoms with Gasteiger partial charge in [-0.2, -0.15) is 0 Å². The third-order valence-corrected chi connectivity index (χ3v) is 4.16. The van der Waals surface area contributed by atoms with E-state index < -0.39 is 0 Å². The number of nitrogens with zero attached hydrogens (tertiary/aromatic N) is 1. The Morgan fingerprint density at radius 1 is 1.47 bits per heavy atom. The van der Waals surface area contributed by atoms with Crippen LogP contribution in [0.5, 0.6) is 0 Å². The number of hydrogen-bond acceptors (Lipinski definition) is 3. The molecule has 1 aliphatic heterocycles. The van der Waals surface area contributed by atoms with Gasteiger partial charge in [0.2, 0.25) is 0 Å². The number of aromatic nitrogens is 2. The standard InChI is InChI=1S/C12H17IN2O2/c1-2-3-9-10(13)12(16)15-11(14-9)8-4-6-17-7-5-8/h8H,2-7H2,1H3,(H,14,15,16). The number of halogens is 1. The summed E-state index contributed by atoms with van der Waals surface area (Å²) in [5.41, 5.74) is 0.948. The van der Waals surface area contributed by atoms with Gasteiger partial charge in [-0.3, -0.25) is 4.79 Å². The molecule has 0 unspecified atom stereocenters.